The second-order valence-corrected chi connectivity index (χ2v) is 4.71. The monoisotopic (exact) mass is 198 g/mol. The molecule has 2 N–H and O–H groups in total. The Morgan fingerprint density at radius 1 is 1.50 bits per heavy atom. The average molecular weight is 198 g/mol. The minimum atomic E-state index is 0.561. The van der Waals surface area contributed by atoms with Crippen molar-refractivity contribution in [3.8, 4) is 0 Å². The van der Waals surface area contributed by atoms with Crippen LogP contribution in [0.25, 0.3) is 0 Å². The largest absolute Gasteiger partial charge is 0.379 e. The molecule has 1 saturated carbocycles. The molecule has 0 bridgehead atoms. The Morgan fingerprint density at radius 3 is 3.00 bits per heavy atom. The molecule has 14 heavy (non-hydrogen) atoms. The lowest BCUT2D eigenvalue weighted by atomic mass is 10.1. The van der Waals surface area contributed by atoms with Crippen LogP contribution in [0.15, 0.2) is 0 Å². The molecule has 0 aromatic carbocycles. The van der Waals surface area contributed by atoms with Crippen LogP contribution < -0.4 is 10.6 Å². The minimum absolute atomic E-state index is 0.561. The predicted octanol–water partition coefficient (Wildman–Crippen LogP) is 0.753. The Morgan fingerprint density at radius 2 is 2.36 bits per heavy atom. The van der Waals surface area contributed by atoms with Crippen molar-refractivity contribution in [1.29, 1.82) is 0 Å². The van der Waals surface area contributed by atoms with Gasteiger partial charge in [-0.05, 0) is 38.6 Å². The molecule has 1 saturated heterocycles. The topological polar surface area (TPSA) is 33.3 Å². The molecule has 1 heterocycles. The van der Waals surface area contributed by atoms with E-state index in [1.807, 2.05) is 0 Å². The fourth-order valence-corrected chi connectivity index (χ4v) is 1.97. The van der Waals surface area contributed by atoms with Crippen molar-refractivity contribution >= 4 is 0 Å². The van der Waals surface area contributed by atoms with Crippen LogP contribution in [0.3, 0.4) is 0 Å². The summed E-state index contributed by atoms with van der Waals surface area (Å²) < 4.78 is 5.43. The van der Waals surface area contributed by atoms with E-state index in [1.165, 1.54) is 25.8 Å². The Balaban J connectivity index is 1.57. The fraction of sp³-hybridized carbons (Fsp3) is 1.00. The summed E-state index contributed by atoms with van der Waals surface area (Å²) in [5, 5.41) is 7.08. The van der Waals surface area contributed by atoms with Gasteiger partial charge < -0.3 is 15.4 Å². The molecule has 0 radical (unpaired) electrons. The van der Waals surface area contributed by atoms with Crippen molar-refractivity contribution in [2.75, 3.05) is 26.3 Å². The number of morpholine rings is 1. The van der Waals surface area contributed by atoms with Crippen LogP contribution >= 0.6 is 0 Å². The summed E-state index contributed by atoms with van der Waals surface area (Å²) in [6, 6.07) is 1.18. The Hall–Kier alpha value is -0.120. The Labute approximate surface area is 86.6 Å². The molecule has 2 atom stereocenters. The van der Waals surface area contributed by atoms with E-state index >= 15 is 0 Å². The van der Waals surface area contributed by atoms with Crippen molar-refractivity contribution < 1.29 is 4.74 Å². The highest BCUT2D eigenvalue weighted by molar-refractivity contribution is 4.80. The van der Waals surface area contributed by atoms with Crippen LogP contribution in [0.2, 0.25) is 0 Å². The van der Waals surface area contributed by atoms with Crippen molar-refractivity contribution in [1.82, 2.24) is 10.6 Å². The van der Waals surface area contributed by atoms with E-state index in [1.54, 1.807) is 0 Å². The van der Waals surface area contributed by atoms with E-state index < -0.39 is 0 Å². The summed E-state index contributed by atoms with van der Waals surface area (Å²) in [7, 11) is 0. The predicted molar refractivity (Wildman–Crippen MR) is 57.4 cm³/mol. The summed E-state index contributed by atoms with van der Waals surface area (Å²) in [4.78, 5) is 0. The number of rotatable bonds is 5. The zero-order chi connectivity index (χ0) is 9.80. The van der Waals surface area contributed by atoms with Crippen LogP contribution in [0.1, 0.15) is 26.2 Å². The van der Waals surface area contributed by atoms with Gasteiger partial charge in [0.25, 0.3) is 0 Å². The highest BCUT2D eigenvalue weighted by Gasteiger charge is 2.22. The van der Waals surface area contributed by atoms with E-state index in [4.69, 9.17) is 4.74 Å². The maximum absolute atomic E-state index is 5.43. The number of hydrogen-bond donors (Lipinski definition) is 2. The van der Waals surface area contributed by atoms with Gasteiger partial charge in [0.1, 0.15) is 0 Å². The zero-order valence-corrected chi connectivity index (χ0v) is 9.09. The second-order valence-electron chi connectivity index (χ2n) is 4.71. The average Bonchev–Trinajstić information content (AvgIpc) is 3.00. The van der Waals surface area contributed by atoms with Crippen LogP contribution in [0.5, 0.6) is 0 Å². The van der Waals surface area contributed by atoms with E-state index in [-0.39, 0.29) is 0 Å². The smallest absolute Gasteiger partial charge is 0.0620 e. The van der Waals surface area contributed by atoms with Crippen molar-refractivity contribution in [2.24, 2.45) is 5.92 Å². The summed E-state index contributed by atoms with van der Waals surface area (Å²) in [5.74, 6) is 0.980. The molecule has 3 nitrogen and oxygen atoms in total. The van der Waals surface area contributed by atoms with E-state index in [9.17, 15) is 0 Å². The fourth-order valence-electron chi connectivity index (χ4n) is 1.97. The Kier molecular flexibility index (Phi) is 3.79. The van der Waals surface area contributed by atoms with Crippen LogP contribution in [-0.2, 0) is 4.74 Å². The first kappa shape index (κ1) is 10.4. The van der Waals surface area contributed by atoms with Crippen molar-refractivity contribution in [3.05, 3.63) is 0 Å². The van der Waals surface area contributed by atoms with Gasteiger partial charge in [-0.25, -0.2) is 0 Å². The van der Waals surface area contributed by atoms with Gasteiger partial charge in [0.05, 0.1) is 13.2 Å². The molecule has 2 fully saturated rings. The SMILES string of the molecule is CC(CC1COCCN1)NCC1CC1. The molecule has 2 aliphatic rings. The molecule has 0 spiro atoms. The lowest BCUT2D eigenvalue weighted by molar-refractivity contribution is 0.0712. The minimum Gasteiger partial charge on any atom is -0.379 e. The first-order valence-electron chi connectivity index (χ1n) is 5.89. The molecule has 2 unspecified atom stereocenters. The molecule has 3 heteroatoms. The van der Waals surface area contributed by atoms with E-state index in [2.05, 4.69) is 17.6 Å². The van der Waals surface area contributed by atoms with Gasteiger partial charge in [-0.1, -0.05) is 0 Å². The Bertz CT molecular complexity index is 165. The molecule has 1 aliphatic heterocycles. The number of ether oxygens (including phenoxy) is 1. The maximum Gasteiger partial charge on any atom is 0.0620 e. The molecule has 2 rings (SSSR count). The van der Waals surface area contributed by atoms with Gasteiger partial charge in [-0.2, -0.15) is 0 Å². The summed E-state index contributed by atoms with van der Waals surface area (Å²) in [6.07, 6.45) is 4.06. The number of nitrogens with one attached hydrogen (secondary N) is 2. The highest BCUT2D eigenvalue weighted by Crippen LogP contribution is 2.27. The molecule has 82 valence electrons. The normalized spacial score (nSPS) is 30.2. The first-order valence-corrected chi connectivity index (χ1v) is 5.89. The van der Waals surface area contributed by atoms with Crippen LogP contribution in [0, 0.1) is 5.92 Å². The van der Waals surface area contributed by atoms with Crippen molar-refractivity contribution in [3.63, 3.8) is 0 Å². The second kappa shape index (κ2) is 5.10. The lowest BCUT2D eigenvalue weighted by Crippen LogP contribution is -2.45. The molecule has 1 aliphatic carbocycles. The van der Waals surface area contributed by atoms with Gasteiger partial charge in [0.2, 0.25) is 0 Å². The van der Waals surface area contributed by atoms with Crippen LogP contribution in [-0.4, -0.2) is 38.4 Å². The van der Waals surface area contributed by atoms with Gasteiger partial charge >= 0.3 is 0 Å². The van der Waals surface area contributed by atoms with E-state index in [0.717, 1.165) is 25.7 Å². The molecule has 0 amide bonds. The highest BCUT2D eigenvalue weighted by atomic mass is 16.5. The lowest BCUT2D eigenvalue weighted by Gasteiger charge is -2.26. The quantitative estimate of drug-likeness (QED) is 0.684. The molecular weight excluding hydrogens is 176 g/mol. The van der Waals surface area contributed by atoms with Crippen molar-refractivity contribution in [2.45, 2.75) is 38.3 Å². The molecule has 0 aromatic heterocycles. The van der Waals surface area contributed by atoms with Gasteiger partial charge in [0, 0.05) is 18.6 Å². The maximum atomic E-state index is 5.43. The summed E-state index contributed by atoms with van der Waals surface area (Å²) in [6.45, 7) is 6.27. The third kappa shape index (κ3) is 3.56. The standard InChI is InChI=1S/C11H22N2O/c1-9(13-7-10-2-3-10)6-11-8-14-5-4-12-11/h9-13H,2-8H2,1H3. The number of hydrogen-bond acceptors (Lipinski definition) is 3. The zero-order valence-electron chi connectivity index (χ0n) is 9.09. The van der Waals surface area contributed by atoms with Crippen LogP contribution in [0.4, 0.5) is 0 Å². The third-order valence-electron chi connectivity index (χ3n) is 3.09. The van der Waals surface area contributed by atoms with Gasteiger partial charge in [0.15, 0.2) is 0 Å². The van der Waals surface area contributed by atoms with E-state index in [0.29, 0.717) is 12.1 Å². The first-order chi connectivity index (χ1) is 6.84. The molecular formula is C11H22N2O. The summed E-state index contributed by atoms with van der Waals surface area (Å²) >= 11 is 0. The third-order valence-corrected chi connectivity index (χ3v) is 3.09. The van der Waals surface area contributed by atoms with Gasteiger partial charge in [-0.3, -0.25) is 0 Å². The van der Waals surface area contributed by atoms with Gasteiger partial charge in [-0.15, -0.1) is 0 Å². The molecule has 0 aromatic rings. The summed E-state index contributed by atoms with van der Waals surface area (Å²) in [5.41, 5.74) is 0.